The predicted octanol–water partition coefficient (Wildman–Crippen LogP) is 22.7. The molecule has 12 nitrogen and oxygen atoms in total. The number of ketones is 2. The van der Waals surface area contributed by atoms with Crippen LogP contribution < -0.4 is 0 Å². The highest BCUT2D eigenvalue weighted by molar-refractivity contribution is 9.08. The summed E-state index contributed by atoms with van der Waals surface area (Å²) in [4.78, 5) is 78.6. The first-order valence-electron chi connectivity index (χ1n) is 33.3. The molecule has 0 saturated carbocycles. The van der Waals surface area contributed by atoms with Crippen molar-refractivity contribution in [3.8, 4) is 5.75 Å². The second kappa shape index (κ2) is 40.3. The van der Waals surface area contributed by atoms with Crippen molar-refractivity contribution in [1.29, 1.82) is 0 Å². The third kappa shape index (κ3) is 25.0. The maximum Gasteiger partial charge on any atom is 0.336 e. The summed E-state index contributed by atoms with van der Waals surface area (Å²) in [7, 11) is 0. The minimum atomic E-state index is -0.925. The van der Waals surface area contributed by atoms with Gasteiger partial charge in [0.25, 0.3) is 0 Å². The number of carboxylic acid groups (broad SMARTS) is 4. The number of fused-ring (bicyclic) bond motifs is 4. The number of aromatic hydroxyl groups is 1. The molecule has 18 heteroatoms. The van der Waals surface area contributed by atoms with E-state index in [1.807, 2.05) is 137 Å². The van der Waals surface area contributed by atoms with Crippen LogP contribution in [0.15, 0.2) is 218 Å². The van der Waals surface area contributed by atoms with Gasteiger partial charge in [0, 0.05) is 58.3 Å². The number of alkyl halides is 1. The number of aromatic carboxylic acids is 4. The summed E-state index contributed by atoms with van der Waals surface area (Å²) in [5.74, 6) is -3.20. The van der Waals surface area contributed by atoms with Gasteiger partial charge in [-0.15, -0.1) is 0 Å². The molecule has 0 fully saturated rings. The van der Waals surface area contributed by atoms with E-state index < -0.39 is 23.9 Å². The van der Waals surface area contributed by atoms with Crippen LogP contribution in [0.4, 0.5) is 0 Å². The van der Waals surface area contributed by atoms with Crippen LogP contribution in [0.5, 0.6) is 5.75 Å². The van der Waals surface area contributed by atoms with Crippen LogP contribution in [0.25, 0.3) is 12.2 Å². The first-order chi connectivity index (χ1) is 50.5. The van der Waals surface area contributed by atoms with Gasteiger partial charge >= 0.3 is 23.9 Å². The number of hydrogen-bond donors (Lipinski definition) is 5. The highest BCUT2D eigenvalue weighted by Crippen LogP contribution is 2.31. The lowest BCUT2D eigenvalue weighted by molar-refractivity contribution is 0.0685. The molecule has 0 heterocycles. The number of phenols is 1. The summed E-state index contributed by atoms with van der Waals surface area (Å²) in [6.45, 7) is 11.6. The molecule has 542 valence electrons. The molecule has 0 radical (unpaired) electrons. The molecule has 2 aliphatic rings. The SMILES string of the molecule is Cc1ccc(C(=O)O)c(/C=C/c2cccc(Cl)c2)c1.Cc1ccc(C(=O)O)c(C)c1.Cc1ccc(C(=O)O)c(CBr)c1.Cc1ccc(C(=O)O)c(CCc2cccc(Cl)c2)c1.Cc1ccc2c(c1)CCc1cc(Cl)ccc1C2=O.O=C1c2ccc(O)cc2CCc2cc(Cl)ccc21.O=Cc1cccc(Cl)c1. The Morgan fingerprint density at radius 1 is 0.377 bits per heavy atom. The minimum absolute atomic E-state index is 0.00849. The number of halogens is 6. The number of carbonyl (C=O) groups excluding carboxylic acids is 3. The molecular weight excluding hydrogens is 1510 g/mol. The second-order valence-electron chi connectivity index (χ2n) is 25.0. The molecule has 0 aliphatic heterocycles. The third-order valence-electron chi connectivity index (χ3n) is 16.8. The second-order valence-corrected chi connectivity index (χ2v) is 27.8. The molecule has 5 N–H and O–H groups in total. The predicted molar refractivity (Wildman–Crippen MR) is 430 cm³/mol. The monoisotopic (exact) mass is 1580 g/mol. The van der Waals surface area contributed by atoms with E-state index in [9.17, 15) is 43.8 Å². The summed E-state index contributed by atoms with van der Waals surface area (Å²) >= 11 is 32.6. The fraction of sp³-hybridized carbons (Fsp3) is 0.148. The molecule has 0 amide bonds. The maximum absolute atomic E-state index is 12.5. The van der Waals surface area contributed by atoms with Crippen molar-refractivity contribution in [2.75, 3.05) is 0 Å². The summed E-state index contributed by atoms with van der Waals surface area (Å²) in [6, 6.07) is 65.0. The van der Waals surface area contributed by atoms with Crippen LogP contribution in [-0.2, 0) is 43.9 Å². The topological polar surface area (TPSA) is 221 Å². The van der Waals surface area contributed by atoms with Crippen LogP contribution in [0, 0.1) is 41.5 Å². The molecule has 0 bridgehead atoms. The van der Waals surface area contributed by atoms with Crippen LogP contribution >= 0.6 is 73.9 Å². The fourth-order valence-electron chi connectivity index (χ4n) is 11.6. The number of hydrogen-bond acceptors (Lipinski definition) is 8. The molecule has 0 spiro atoms. The maximum atomic E-state index is 12.5. The molecule has 0 atom stereocenters. The van der Waals surface area contributed by atoms with Gasteiger partial charge in [0.15, 0.2) is 11.6 Å². The van der Waals surface area contributed by atoms with Crippen molar-refractivity contribution in [3.05, 3.63) is 377 Å². The normalized spacial score (nSPS) is 11.4. The zero-order chi connectivity index (χ0) is 77.3. The van der Waals surface area contributed by atoms with Gasteiger partial charge in [-0.1, -0.05) is 217 Å². The van der Waals surface area contributed by atoms with E-state index in [0.29, 0.717) is 81.4 Å². The van der Waals surface area contributed by atoms with Crippen LogP contribution in [0.1, 0.15) is 167 Å². The highest BCUT2D eigenvalue weighted by Gasteiger charge is 2.23. The Hall–Kier alpha value is -10.2. The van der Waals surface area contributed by atoms with Gasteiger partial charge in [-0.05, 0) is 251 Å². The largest absolute Gasteiger partial charge is 0.508 e. The summed E-state index contributed by atoms with van der Waals surface area (Å²) in [5, 5.41) is 49.1. The van der Waals surface area contributed by atoms with E-state index in [4.69, 9.17) is 73.3 Å². The summed E-state index contributed by atoms with van der Waals surface area (Å²) in [6.07, 6.45) is 9.17. The zero-order valence-corrected chi connectivity index (χ0v) is 64.2. The average molecular weight is 1580 g/mol. The van der Waals surface area contributed by atoms with Gasteiger partial charge in [0.1, 0.15) is 12.0 Å². The lowest BCUT2D eigenvalue weighted by Gasteiger charge is -2.08. The van der Waals surface area contributed by atoms with E-state index >= 15 is 0 Å². The van der Waals surface area contributed by atoms with Crippen molar-refractivity contribution in [1.82, 2.24) is 0 Å². The van der Waals surface area contributed by atoms with Crippen LogP contribution in [0.2, 0.25) is 25.1 Å². The number of benzene rings is 11. The Bertz CT molecular complexity index is 4860. The van der Waals surface area contributed by atoms with Gasteiger partial charge in [-0.2, -0.15) is 0 Å². The zero-order valence-electron chi connectivity index (χ0n) is 58.8. The van der Waals surface area contributed by atoms with Gasteiger partial charge in [-0.3, -0.25) is 14.4 Å². The average Bonchev–Trinajstić information content (AvgIpc) is 1.65. The first kappa shape index (κ1) is 83.1. The Morgan fingerprint density at radius 2 is 0.764 bits per heavy atom. The number of aryl methyl sites for hydroxylation is 12. The van der Waals surface area contributed by atoms with Crippen molar-refractivity contribution in [2.45, 2.75) is 85.4 Å². The molecule has 13 rings (SSSR count). The Kier molecular flexibility index (Phi) is 31.6. The van der Waals surface area contributed by atoms with Gasteiger partial charge < -0.3 is 25.5 Å². The van der Waals surface area contributed by atoms with Gasteiger partial charge in [0.05, 0.1) is 22.3 Å². The lowest BCUT2D eigenvalue weighted by atomic mass is 9.98. The number of carboxylic acids is 4. The van der Waals surface area contributed by atoms with Gasteiger partial charge in [0.2, 0.25) is 0 Å². The number of phenolic OH excluding ortho intramolecular Hbond substituents is 1. The van der Waals surface area contributed by atoms with Crippen molar-refractivity contribution < 1.29 is 59.1 Å². The minimum Gasteiger partial charge on any atom is -0.508 e. The van der Waals surface area contributed by atoms with E-state index in [1.165, 1.54) is 5.56 Å². The van der Waals surface area contributed by atoms with Crippen molar-refractivity contribution in [3.63, 3.8) is 0 Å². The summed E-state index contributed by atoms with van der Waals surface area (Å²) in [5.41, 5.74) is 19.8. The number of carbonyl (C=O) groups is 7. The van der Waals surface area contributed by atoms with Crippen molar-refractivity contribution in [2.24, 2.45) is 0 Å². The molecular formula is C88H76BrCl5O12. The van der Waals surface area contributed by atoms with E-state index in [2.05, 4.69) is 28.9 Å². The van der Waals surface area contributed by atoms with Crippen LogP contribution in [-0.4, -0.2) is 67.3 Å². The first-order valence-corrected chi connectivity index (χ1v) is 36.3. The Labute approximate surface area is 650 Å². The fourth-order valence-corrected chi connectivity index (χ4v) is 13.0. The van der Waals surface area contributed by atoms with Crippen molar-refractivity contribution >= 4 is 128 Å². The Balaban J connectivity index is 0.000000175. The van der Waals surface area contributed by atoms with Crippen LogP contribution in [0.3, 0.4) is 0 Å². The Morgan fingerprint density at radius 3 is 1.25 bits per heavy atom. The quantitative estimate of drug-likeness (QED) is 0.0464. The summed E-state index contributed by atoms with van der Waals surface area (Å²) < 4.78 is 0. The third-order valence-corrected chi connectivity index (χ3v) is 18.6. The lowest BCUT2D eigenvalue weighted by Crippen LogP contribution is -2.04. The molecule has 0 aromatic heterocycles. The molecule has 2 aliphatic carbocycles. The molecule has 11 aromatic carbocycles. The smallest absolute Gasteiger partial charge is 0.336 e. The standard InChI is InChI=1S/C16H15ClO2.C16H13ClO2.C16H13ClO.C15H11ClO2.C9H9BrO2.C9H10O2.C7H5ClO/c2*1-11-5-8-15(16(18)19)13(9-11)7-6-12-3-2-4-14(17)10-12;1-10-2-6-14-11(8-10)3-4-12-9-13(17)5-7-15(12)16(14)18;16-11-3-5-13-9(7-11)1-2-10-8-12(17)4-6-14(10)15(13)18;1-6-2-3-8(9(11)12)7(4-6)5-10;1-6-3-4-8(9(10)11)7(2)5-6;8-7-3-1-2-6(4-7)5-9/h2-5,8-10H,6-7H2,1H3,(H,18,19);2-10H,1H3,(H,18,19);2,5-9H,3-4H2,1H3;3-8,17H,1-2H2;2-4H,5H2,1H3,(H,11,12);3-5H,1-2H3,(H,10,11);1-5H/b;7-6+;;;;;. The molecule has 0 saturated heterocycles. The molecule has 106 heavy (non-hydrogen) atoms. The number of aldehydes is 1. The number of rotatable bonds is 11. The van der Waals surface area contributed by atoms with E-state index in [1.54, 1.807) is 122 Å². The van der Waals surface area contributed by atoms with E-state index in [0.717, 1.165) is 122 Å². The highest BCUT2D eigenvalue weighted by atomic mass is 79.9. The van der Waals surface area contributed by atoms with E-state index in [-0.39, 0.29) is 17.3 Å². The molecule has 11 aromatic rings. The molecule has 0 unspecified atom stereocenters. The van der Waals surface area contributed by atoms with Gasteiger partial charge in [-0.25, -0.2) is 19.2 Å².